The molecule has 1 N–H and O–H groups in total. The van der Waals surface area contributed by atoms with Gasteiger partial charge in [0.25, 0.3) is 6.43 Å². The maximum Gasteiger partial charge on any atom is 0.263 e. The van der Waals surface area contributed by atoms with Crippen LogP contribution in [0.4, 0.5) is 14.5 Å². The molecule has 18 heavy (non-hydrogen) atoms. The van der Waals surface area contributed by atoms with Crippen molar-refractivity contribution in [3.63, 3.8) is 0 Å². The molecular formula is C13H11BrF2N2. The third kappa shape index (κ3) is 3.26. The number of halogens is 3. The van der Waals surface area contributed by atoms with E-state index in [0.29, 0.717) is 6.54 Å². The van der Waals surface area contributed by atoms with Crippen LogP contribution >= 0.6 is 15.9 Å². The first-order valence-electron chi connectivity index (χ1n) is 5.38. The van der Waals surface area contributed by atoms with Crippen LogP contribution in [0.2, 0.25) is 0 Å². The summed E-state index contributed by atoms with van der Waals surface area (Å²) in [7, 11) is 0. The highest BCUT2D eigenvalue weighted by molar-refractivity contribution is 9.10. The zero-order valence-corrected chi connectivity index (χ0v) is 11.0. The first kappa shape index (κ1) is 13.0. The predicted octanol–water partition coefficient (Wildman–Crippen LogP) is 4.39. The van der Waals surface area contributed by atoms with Crippen LogP contribution in [0.15, 0.2) is 47.2 Å². The van der Waals surface area contributed by atoms with Crippen LogP contribution in [-0.4, -0.2) is 4.98 Å². The zero-order valence-electron chi connectivity index (χ0n) is 9.41. The van der Waals surface area contributed by atoms with E-state index in [9.17, 15) is 8.78 Å². The summed E-state index contributed by atoms with van der Waals surface area (Å²) >= 11 is 3.33. The average molecular weight is 313 g/mol. The second-order valence-corrected chi connectivity index (χ2v) is 4.49. The van der Waals surface area contributed by atoms with E-state index in [2.05, 4.69) is 26.2 Å². The van der Waals surface area contributed by atoms with Gasteiger partial charge in [-0.05, 0) is 33.6 Å². The zero-order chi connectivity index (χ0) is 13.0. The molecule has 0 spiro atoms. The molecule has 1 aromatic heterocycles. The Labute approximate surface area is 112 Å². The summed E-state index contributed by atoms with van der Waals surface area (Å²) in [6.45, 7) is 0.563. The van der Waals surface area contributed by atoms with Gasteiger partial charge < -0.3 is 5.32 Å². The third-order valence-electron chi connectivity index (χ3n) is 2.47. The summed E-state index contributed by atoms with van der Waals surface area (Å²) in [6.07, 6.45) is -0.730. The number of aromatic nitrogens is 1. The molecule has 0 radical (unpaired) electrons. The van der Waals surface area contributed by atoms with E-state index >= 15 is 0 Å². The number of rotatable bonds is 4. The quantitative estimate of drug-likeness (QED) is 0.847. The first-order valence-corrected chi connectivity index (χ1v) is 6.17. The van der Waals surface area contributed by atoms with Crippen LogP contribution < -0.4 is 5.32 Å². The lowest BCUT2D eigenvalue weighted by atomic mass is 10.1. The van der Waals surface area contributed by atoms with E-state index in [1.807, 2.05) is 12.1 Å². The summed E-state index contributed by atoms with van der Waals surface area (Å²) < 4.78 is 25.5. The number of pyridine rings is 1. The van der Waals surface area contributed by atoms with Crippen molar-refractivity contribution in [2.24, 2.45) is 0 Å². The molecule has 0 aliphatic rings. The number of nitrogens with one attached hydrogen (secondary N) is 1. The van der Waals surface area contributed by atoms with Crippen LogP contribution in [0.5, 0.6) is 0 Å². The number of anilines is 1. The fraction of sp³-hybridized carbons (Fsp3) is 0.154. The average Bonchev–Trinajstić information content (AvgIpc) is 2.38. The van der Waals surface area contributed by atoms with E-state index in [-0.39, 0.29) is 5.56 Å². The molecule has 0 amide bonds. The van der Waals surface area contributed by atoms with Crippen LogP contribution in [0, 0.1) is 0 Å². The summed E-state index contributed by atoms with van der Waals surface area (Å²) in [5.74, 6) is 0. The SMILES string of the molecule is FC(F)c1ccc(CNc2cccnc2Br)cc1. The molecule has 2 rings (SSSR count). The van der Waals surface area contributed by atoms with Crippen molar-refractivity contribution in [1.29, 1.82) is 0 Å². The number of alkyl halides is 2. The molecule has 0 fully saturated rings. The smallest absolute Gasteiger partial charge is 0.263 e. The maximum atomic E-state index is 12.4. The molecule has 5 heteroatoms. The van der Waals surface area contributed by atoms with Gasteiger partial charge >= 0.3 is 0 Å². The van der Waals surface area contributed by atoms with Crippen molar-refractivity contribution in [2.75, 3.05) is 5.32 Å². The summed E-state index contributed by atoms with van der Waals surface area (Å²) in [4.78, 5) is 4.08. The van der Waals surface area contributed by atoms with Crippen molar-refractivity contribution in [1.82, 2.24) is 4.98 Å². The molecular weight excluding hydrogens is 302 g/mol. The number of hydrogen-bond acceptors (Lipinski definition) is 2. The molecule has 1 heterocycles. The highest BCUT2D eigenvalue weighted by atomic mass is 79.9. The molecule has 94 valence electrons. The van der Waals surface area contributed by atoms with Crippen molar-refractivity contribution in [2.45, 2.75) is 13.0 Å². The lowest BCUT2D eigenvalue weighted by molar-refractivity contribution is 0.151. The van der Waals surface area contributed by atoms with Crippen molar-refractivity contribution < 1.29 is 8.78 Å². The molecule has 0 saturated heterocycles. The van der Waals surface area contributed by atoms with Crippen molar-refractivity contribution in [3.05, 3.63) is 58.3 Å². The summed E-state index contributed by atoms with van der Waals surface area (Å²) in [6, 6.07) is 10.00. The minimum atomic E-state index is -2.42. The van der Waals surface area contributed by atoms with E-state index in [1.54, 1.807) is 18.3 Å². The Balaban J connectivity index is 2.00. The van der Waals surface area contributed by atoms with Gasteiger partial charge in [0.2, 0.25) is 0 Å². The minimum Gasteiger partial charge on any atom is -0.379 e. The van der Waals surface area contributed by atoms with E-state index < -0.39 is 6.43 Å². The highest BCUT2D eigenvalue weighted by Gasteiger charge is 2.06. The molecule has 1 aromatic carbocycles. The Hall–Kier alpha value is -1.49. The second kappa shape index (κ2) is 5.91. The Morgan fingerprint density at radius 1 is 1.17 bits per heavy atom. The highest BCUT2D eigenvalue weighted by Crippen LogP contribution is 2.21. The van der Waals surface area contributed by atoms with Crippen LogP contribution in [-0.2, 0) is 6.54 Å². The first-order chi connectivity index (χ1) is 8.66. The fourth-order valence-electron chi connectivity index (χ4n) is 1.50. The molecule has 0 aliphatic heterocycles. The molecule has 0 aliphatic carbocycles. The van der Waals surface area contributed by atoms with E-state index in [1.165, 1.54) is 12.1 Å². The van der Waals surface area contributed by atoms with Crippen molar-refractivity contribution in [3.8, 4) is 0 Å². The van der Waals surface area contributed by atoms with Gasteiger partial charge in [0, 0.05) is 18.3 Å². The summed E-state index contributed by atoms with van der Waals surface area (Å²) in [5.41, 5.74) is 1.85. The lowest BCUT2D eigenvalue weighted by Gasteiger charge is -2.08. The maximum absolute atomic E-state index is 12.4. The standard InChI is InChI=1S/C13H11BrF2N2/c14-12-11(2-1-7-17-12)18-8-9-3-5-10(6-4-9)13(15)16/h1-7,13,18H,8H2. The van der Waals surface area contributed by atoms with E-state index in [4.69, 9.17) is 0 Å². The van der Waals surface area contributed by atoms with Gasteiger partial charge in [-0.2, -0.15) is 0 Å². The fourth-order valence-corrected chi connectivity index (χ4v) is 1.89. The lowest BCUT2D eigenvalue weighted by Crippen LogP contribution is -2.00. The van der Waals surface area contributed by atoms with E-state index in [0.717, 1.165) is 15.9 Å². The monoisotopic (exact) mass is 312 g/mol. The predicted molar refractivity (Wildman–Crippen MR) is 70.7 cm³/mol. The van der Waals surface area contributed by atoms with Gasteiger partial charge in [-0.15, -0.1) is 0 Å². The third-order valence-corrected chi connectivity index (χ3v) is 3.11. The van der Waals surface area contributed by atoms with Gasteiger partial charge in [0.1, 0.15) is 4.60 Å². The topological polar surface area (TPSA) is 24.9 Å². The number of nitrogens with zero attached hydrogens (tertiary/aromatic N) is 1. The number of benzene rings is 1. The normalized spacial score (nSPS) is 10.7. The Bertz CT molecular complexity index is 515. The molecule has 0 saturated carbocycles. The van der Waals surface area contributed by atoms with Crippen LogP contribution in [0.3, 0.4) is 0 Å². The molecule has 0 bridgehead atoms. The van der Waals surface area contributed by atoms with Gasteiger partial charge in [-0.3, -0.25) is 0 Å². The Morgan fingerprint density at radius 3 is 2.50 bits per heavy atom. The van der Waals surface area contributed by atoms with Crippen LogP contribution in [0.25, 0.3) is 0 Å². The van der Waals surface area contributed by atoms with Gasteiger partial charge in [0.05, 0.1) is 5.69 Å². The molecule has 2 aromatic rings. The number of hydrogen-bond donors (Lipinski definition) is 1. The Kier molecular flexibility index (Phi) is 4.25. The second-order valence-electron chi connectivity index (χ2n) is 3.74. The summed E-state index contributed by atoms with van der Waals surface area (Å²) in [5, 5.41) is 3.18. The van der Waals surface area contributed by atoms with Gasteiger partial charge in [-0.25, -0.2) is 13.8 Å². The molecule has 0 unspecified atom stereocenters. The van der Waals surface area contributed by atoms with Gasteiger partial charge in [-0.1, -0.05) is 24.3 Å². The molecule has 2 nitrogen and oxygen atoms in total. The largest absolute Gasteiger partial charge is 0.379 e. The van der Waals surface area contributed by atoms with Gasteiger partial charge in [0.15, 0.2) is 0 Å². The van der Waals surface area contributed by atoms with Crippen molar-refractivity contribution >= 4 is 21.6 Å². The minimum absolute atomic E-state index is 0.0429. The molecule has 0 atom stereocenters. The Morgan fingerprint density at radius 2 is 1.89 bits per heavy atom. The van der Waals surface area contributed by atoms with Crippen LogP contribution in [0.1, 0.15) is 17.6 Å².